The molecule has 2 fully saturated rings. The van der Waals surface area contributed by atoms with Gasteiger partial charge in [0.1, 0.15) is 0 Å². The molecule has 1 N–H and O–H groups in total. The number of hydrogen-bond donors (Lipinski definition) is 1. The zero-order chi connectivity index (χ0) is 24.8. The Kier molecular flexibility index (Phi) is 8.55. The molecule has 2 aliphatic heterocycles. The lowest BCUT2D eigenvalue weighted by molar-refractivity contribution is -0.131. The average molecular weight is 478 g/mol. The van der Waals surface area contributed by atoms with E-state index in [0.717, 1.165) is 71.7 Å². The lowest BCUT2D eigenvalue weighted by atomic mass is 10.1. The van der Waals surface area contributed by atoms with Gasteiger partial charge in [-0.25, -0.2) is 0 Å². The second kappa shape index (κ2) is 11.8. The lowest BCUT2D eigenvalue weighted by Crippen LogP contribution is -2.49. The highest BCUT2D eigenvalue weighted by molar-refractivity contribution is 5.76. The van der Waals surface area contributed by atoms with Crippen molar-refractivity contribution in [2.45, 2.75) is 40.0 Å². The Hall–Kier alpha value is -2.73. The van der Waals surface area contributed by atoms with E-state index < -0.39 is 0 Å². The minimum Gasteiger partial charge on any atom is -0.383 e. The molecule has 0 bridgehead atoms. The van der Waals surface area contributed by atoms with E-state index in [-0.39, 0.29) is 0 Å². The van der Waals surface area contributed by atoms with Gasteiger partial charge in [0.2, 0.25) is 5.91 Å². The number of hydrogen-bond acceptors (Lipinski definition) is 5. The SMILES string of the molecule is Cc1cccc(N2CCN(C(=O)CCCCNc3cccc(C)c3N3CCN(C)CC3)CC2)c1C. The number of anilines is 3. The van der Waals surface area contributed by atoms with Crippen molar-refractivity contribution in [1.29, 1.82) is 0 Å². The normalized spacial score (nSPS) is 17.1. The number of aryl methyl sites for hydroxylation is 2. The van der Waals surface area contributed by atoms with Crippen molar-refractivity contribution in [2.24, 2.45) is 0 Å². The molecule has 6 heteroatoms. The second-order valence-electron chi connectivity index (χ2n) is 10.2. The highest BCUT2D eigenvalue weighted by atomic mass is 16.2. The van der Waals surface area contributed by atoms with Crippen molar-refractivity contribution in [1.82, 2.24) is 9.80 Å². The van der Waals surface area contributed by atoms with Crippen LogP contribution in [-0.2, 0) is 4.79 Å². The molecule has 0 saturated carbocycles. The van der Waals surface area contributed by atoms with E-state index in [1.165, 1.54) is 33.8 Å². The Morgan fingerprint density at radius 3 is 2.20 bits per heavy atom. The predicted octanol–water partition coefficient (Wildman–Crippen LogP) is 4.29. The van der Waals surface area contributed by atoms with Gasteiger partial charge in [-0.3, -0.25) is 4.79 Å². The topological polar surface area (TPSA) is 42.1 Å². The average Bonchev–Trinajstić information content (AvgIpc) is 2.86. The summed E-state index contributed by atoms with van der Waals surface area (Å²) < 4.78 is 0. The standard InChI is InChI=1S/C29H43N5O/c1-23-9-8-12-27(25(23)3)32-19-21-33(22-20-32)28(35)13-5-6-14-30-26-11-7-10-24(2)29(26)34-17-15-31(4)16-18-34/h7-12,30H,5-6,13-22H2,1-4H3. The molecule has 2 saturated heterocycles. The number of nitrogens with one attached hydrogen (secondary N) is 1. The third-order valence-electron chi connectivity index (χ3n) is 7.74. The molecule has 2 aromatic carbocycles. The lowest BCUT2D eigenvalue weighted by Gasteiger charge is -2.37. The summed E-state index contributed by atoms with van der Waals surface area (Å²) in [7, 11) is 2.20. The van der Waals surface area contributed by atoms with Crippen molar-refractivity contribution < 1.29 is 4.79 Å². The van der Waals surface area contributed by atoms with Crippen molar-refractivity contribution in [3.63, 3.8) is 0 Å². The van der Waals surface area contributed by atoms with Crippen LogP contribution in [0.1, 0.15) is 36.0 Å². The van der Waals surface area contributed by atoms with Crippen LogP contribution >= 0.6 is 0 Å². The van der Waals surface area contributed by atoms with Gasteiger partial charge in [-0.1, -0.05) is 24.3 Å². The first-order valence-electron chi connectivity index (χ1n) is 13.3. The van der Waals surface area contributed by atoms with E-state index >= 15 is 0 Å². The summed E-state index contributed by atoms with van der Waals surface area (Å²) in [6.45, 7) is 15.3. The van der Waals surface area contributed by atoms with Crippen LogP contribution in [0.15, 0.2) is 36.4 Å². The van der Waals surface area contributed by atoms with Gasteiger partial charge in [-0.15, -0.1) is 0 Å². The summed E-state index contributed by atoms with van der Waals surface area (Å²) in [4.78, 5) is 22.2. The van der Waals surface area contributed by atoms with Crippen LogP contribution in [0, 0.1) is 20.8 Å². The summed E-state index contributed by atoms with van der Waals surface area (Å²) in [5.74, 6) is 0.305. The number of amides is 1. The summed E-state index contributed by atoms with van der Waals surface area (Å²) in [6, 6.07) is 13.0. The van der Waals surface area contributed by atoms with Crippen LogP contribution in [0.25, 0.3) is 0 Å². The maximum absolute atomic E-state index is 12.8. The van der Waals surface area contributed by atoms with E-state index in [0.29, 0.717) is 12.3 Å². The van der Waals surface area contributed by atoms with E-state index in [2.05, 4.69) is 89.1 Å². The van der Waals surface area contributed by atoms with Crippen LogP contribution in [0.4, 0.5) is 17.1 Å². The molecule has 4 rings (SSSR count). The van der Waals surface area contributed by atoms with Crippen molar-refractivity contribution in [3.05, 3.63) is 53.1 Å². The molecule has 0 radical (unpaired) electrons. The molecule has 0 spiro atoms. The second-order valence-corrected chi connectivity index (χ2v) is 10.2. The Bertz CT molecular complexity index is 991. The number of rotatable bonds is 8. The van der Waals surface area contributed by atoms with Crippen LogP contribution in [0.5, 0.6) is 0 Å². The molecule has 0 aromatic heterocycles. The molecule has 1 amide bonds. The fraction of sp³-hybridized carbons (Fsp3) is 0.552. The van der Waals surface area contributed by atoms with E-state index in [4.69, 9.17) is 0 Å². The highest BCUT2D eigenvalue weighted by Gasteiger charge is 2.22. The van der Waals surface area contributed by atoms with Gasteiger partial charge in [0.05, 0.1) is 11.4 Å². The zero-order valence-electron chi connectivity index (χ0n) is 22.1. The predicted molar refractivity (Wildman–Crippen MR) is 148 cm³/mol. The van der Waals surface area contributed by atoms with Crippen LogP contribution < -0.4 is 15.1 Å². The maximum Gasteiger partial charge on any atom is 0.222 e. The van der Waals surface area contributed by atoms with Gasteiger partial charge < -0.3 is 24.9 Å². The zero-order valence-corrected chi connectivity index (χ0v) is 22.1. The fourth-order valence-corrected chi connectivity index (χ4v) is 5.31. The largest absolute Gasteiger partial charge is 0.383 e. The smallest absolute Gasteiger partial charge is 0.222 e. The number of nitrogens with zero attached hydrogens (tertiary/aromatic N) is 4. The quantitative estimate of drug-likeness (QED) is 0.575. The van der Waals surface area contributed by atoms with Crippen LogP contribution in [0.2, 0.25) is 0 Å². The first-order chi connectivity index (χ1) is 16.9. The van der Waals surface area contributed by atoms with Crippen molar-refractivity contribution in [2.75, 3.05) is 81.1 Å². The molecule has 35 heavy (non-hydrogen) atoms. The first kappa shape index (κ1) is 25.4. The Morgan fingerprint density at radius 2 is 1.46 bits per heavy atom. The van der Waals surface area contributed by atoms with Crippen LogP contribution in [0.3, 0.4) is 0 Å². The monoisotopic (exact) mass is 477 g/mol. The van der Waals surface area contributed by atoms with Gasteiger partial charge >= 0.3 is 0 Å². The van der Waals surface area contributed by atoms with E-state index in [1.54, 1.807) is 0 Å². The molecular weight excluding hydrogens is 434 g/mol. The summed E-state index contributed by atoms with van der Waals surface area (Å²) in [5.41, 5.74) is 7.90. The van der Waals surface area contributed by atoms with E-state index in [1.807, 2.05) is 0 Å². The fourth-order valence-electron chi connectivity index (χ4n) is 5.31. The molecule has 190 valence electrons. The van der Waals surface area contributed by atoms with Gasteiger partial charge in [-0.2, -0.15) is 0 Å². The maximum atomic E-state index is 12.8. The van der Waals surface area contributed by atoms with E-state index in [9.17, 15) is 4.79 Å². The number of likely N-dealkylation sites (N-methyl/N-ethyl adjacent to an activating group) is 1. The Balaban J connectivity index is 1.19. The van der Waals surface area contributed by atoms with Crippen LogP contribution in [-0.4, -0.2) is 81.7 Å². The molecule has 2 heterocycles. The van der Waals surface area contributed by atoms with Gasteiger partial charge in [0.15, 0.2) is 0 Å². The molecule has 2 aromatic rings. The molecular formula is C29H43N5O. The first-order valence-corrected chi connectivity index (χ1v) is 13.3. The van der Waals surface area contributed by atoms with Gasteiger partial charge in [0.25, 0.3) is 0 Å². The minimum absolute atomic E-state index is 0.305. The van der Waals surface area contributed by atoms with Gasteiger partial charge in [-0.05, 0) is 69.5 Å². The Labute approximate surface area is 211 Å². The highest BCUT2D eigenvalue weighted by Crippen LogP contribution is 2.30. The number of unbranched alkanes of at least 4 members (excludes halogenated alkanes) is 1. The summed E-state index contributed by atoms with van der Waals surface area (Å²) >= 11 is 0. The molecule has 2 aliphatic rings. The minimum atomic E-state index is 0.305. The number of piperazine rings is 2. The molecule has 0 atom stereocenters. The number of benzene rings is 2. The van der Waals surface area contributed by atoms with Crippen molar-refractivity contribution in [3.8, 4) is 0 Å². The third-order valence-corrected chi connectivity index (χ3v) is 7.74. The Morgan fingerprint density at radius 1 is 0.800 bits per heavy atom. The molecule has 0 unspecified atom stereocenters. The third kappa shape index (κ3) is 6.29. The summed E-state index contributed by atoms with van der Waals surface area (Å²) in [5, 5.41) is 3.66. The van der Waals surface area contributed by atoms with Crippen molar-refractivity contribution >= 4 is 23.0 Å². The number of para-hydroxylation sites is 1. The summed E-state index contributed by atoms with van der Waals surface area (Å²) in [6.07, 6.45) is 2.58. The molecule has 6 nitrogen and oxygen atoms in total. The molecule has 0 aliphatic carbocycles. The number of carbonyl (C=O) groups is 1. The number of carbonyl (C=O) groups excluding carboxylic acids is 1. The van der Waals surface area contributed by atoms with Gasteiger partial charge in [0, 0.05) is 71.0 Å².